The quantitative estimate of drug-likeness (QED) is 0.0380. The highest BCUT2D eigenvalue weighted by Crippen LogP contribution is 2.40. The average molecular weight is 1800 g/mol. The molecule has 23 aromatic rings. The molecule has 34 nitrogen and oxygen atoms in total. The molecule has 0 unspecified atom stereocenters. The van der Waals surface area contributed by atoms with Crippen molar-refractivity contribution in [2.45, 2.75) is 52.5 Å². The van der Waals surface area contributed by atoms with Gasteiger partial charge in [-0.25, -0.2) is 48.7 Å². The number of halogens is 2. The lowest BCUT2D eigenvalue weighted by Gasteiger charge is -2.15. The highest BCUT2D eigenvalue weighted by Gasteiger charge is 2.38. The number of alkyl halides is 2. The molecule has 1 aliphatic rings. The molecular weight excluding hydrogens is 1730 g/mol. The van der Waals surface area contributed by atoms with Crippen LogP contribution in [0.1, 0.15) is 45.6 Å². The summed E-state index contributed by atoms with van der Waals surface area (Å²) in [4.78, 5) is 111. The molecule has 24 heterocycles. The monoisotopic (exact) mass is 1800 g/mol. The van der Waals surface area contributed by atoms with Crippen molar-refractivity contribution in [1.29, 1.82) is 0 Å². The van der Waals surface area contributed by atoms with Crippen molar-refractivity contribution in [3.63, 3.8) is 0 Å². The van der Waals surface area contributed by atoms with Gasteiger partial charge in [0.05, 0.1) is 110 Å². The van der Waals surface area contributed by atoms with Crippen molar-refractivity contribution in [2.24, 2.45) is 5.92 Å². The van der Waals surface area contributed by atoms with E-state index in [9.17, 15) is 18.4 Å². The first-order valence-electron chi connectivity index (χ1n) is 41.6. The lowest BCUT2D eigenvalue weighted by molar-refractivity contribution is -0.117. The number of hydrogen-bond acceptors (Lipinski definition) is 27. The van der Waals surface area contributed by atoms with Gasteiger partial charge >= 0.3 is 0 Å². The largest absolute Gasteiger partial charge is 0.397 e. The van der Waals surface area contributed by atoms with Gasteiger partial charge in [-0.1, -0.05) is 20.8 Å². The van der Waals surface area contributed by atoms with Crippen LogP contribution in [0.5, 0.6) is 0 Å². The van der Waals surface area contributed by atoms with Gasteiger partial charge in [0.15, 0.2) is 45.9 Å². The maximum atomic E-state index is 13.5. The number of aromatic amines is 8. The SMILES string of the molecule is CC(C)CC(=O)Nc1cncc(-c2cnc3n[nH]c(-c4nc5c(-c6ccsc6)cncc5[nH]4)c3c2)c1.CCC(=O)Nc1cncc(-c2cnc3n[nH]c(-c4nc5c(-c6ccsc6)cncc5[nH]4)c3c2)c1.FC1(F)CCN(Cc2cncc(-c3cnc4n[nH]c(-c5nc6ccncc6[nH]5)c4c3)c2)C1.Nc1cncc(-c2cnc3n[nH]c(-c4nc5c(-c6ccsc6)cncc5[nH]4)c3c2)c1. The van der Waals surface area contributed by atoms with Gasteiger partial charge in [-0.15, -0.1) is 0 Å². The van der Waals surface area contributed by atoms with Crippen molar-refractivity contribution in [3.8, 4) is 124 Å². The molecule has 648 valence electrons. The summed E-state index contributed by atoms with van der Waals surface area (Å²) in [6, 6.07) is 23.6. The first-order valence-corrected chi connectivity index (χ1v) is 44.4. The lowest BCUT2D eigenvalue weighted by atomic mass is 10.1. The number of H-pyrrole nitrogens is 8. The van der Waals surface area contributed by atoms with Crippen LogP contribution in [0, 0.1) is 5.92 Å². The Kier molecular flexibility index (Phi) is 21.9. The molecule has 0 aliphatic carbocycles. The molecule has 0 atom stereocenters. The first kappa shape index (κ1) is 82.2. The third-order valence-electron chi connectivity index (χ3n) is 22.0. The van der Waals surface area contributed by atoms with E-state index in [0.717, 1.165) is 172 Å². The fraction of sp³-hybridized carbons (Fsp3) is 0.118. The van der Waals surface area contributed by atoms with E-state index in [4.69, 9.17) is 20.7 Å². The fourth-order valence-electron chi connectivity index (χ4n) is 15.7. The van der Waals surface area contributed by atoms with Gasteiger partial charge in [0.25, 0.3) is 5.92 Å². The van der Waals surface area contributed by atoms with Crippen LogP contribution in [-0.2, 0) is 16.1 Å². The van der Waals surface area contributed by atoms with Gasteiger partial charge in [0, 0.05) is 180 Å². The Bertz CT molecular complexity index is 8180. The maximum absolute atomic E-state index is 13.5. The Morgan fingerprint density at radius 3 is 1.22 bits per heavy atom. The highest BCUT2D eigenvalue weighted by atomic mass is 32.1. The normalized spacial score (nSPS) is 12.6. The molecule has 1 fully saturated rings. The maximum Gasteiger partial charge on any atom is 0.261 e. The average Bonchev–Trinajstić information content (AvgIpc) is 1.63. The summed E-state index contributed by atoms with van der Waals surface area (Å²) in [5, 5.41) is 51.1. The van der Waals surface area contributed by atoms with Gasteiger partial charge in [-0.05, 0) is 133 Å². The van der Waals surface area contributed by atoms with Gasteiger partial charge in [-0.2, -0.15) is 54.4 Å². The number of anilines is 3. The molecule has 1 aliphatic heterocycles. The second-order valence-corrected chi connectivity index (χ2v) is 34.0. The van der Waals surface area contributed by atoms with E-state index in [1.807, 2.05) is 110 Å². The van der Waals surface area contributed by atoms with Crippen molar-refractivity contribution in [2.75, 3.05) is 29.5 Å². The number of nitrogen functional groups attached to an aromatic ring is 1. The number of carbonyl (C=O) groups is 2. The number of fused-ring (bicyclic) bond motifs is 8. The predicted octanol–water partition coefficient (Wildman–Crippen LogP) is 18.8. The van der Waals surface area contributed by atoms with Crippen LogP contribution in [0.2, 0.25) is 0 Å². The zero-order chi connectivity index (χ0) is 89.5. The number of imidazole rings is 4. The number of pyridine rings is 12. The Hall–Kier alpha value is -16.8. The Morgan fingerprint density at radius 2 is 0.818 bits per heavy atom. The molecule has 0 radical (unpaired) electrons. The molecule has 0 aromatic carbocycles. The number of nitrogens with two attached hydrogens (primary N) is 1. The summed E-state index contributed by atoms with van der Waals surface area (Å²) < 4.78 is 27.0. The molecule has 23 aromatic heterocycles. The molecule has 1 saturated heterocycles. The standard InChI is InChI=1S/C26H22N8OS.C24H18N8OS.C22H18F2N8.C21H14N8S/c1-14(2)5-22(35)30-18-6-16(8-27-10-18)17-7-19-24(33-34-25(19)29-9-17)26-31-21-12-28-11-20(23(21)32-26)15-3-4-36-13-15;1-2-20(33)28-16-5-14(7-25-9-16)15-6-17-22(31-32-23(17)27-8-15)24-29-19-11-26-10-18(21(19)30-24)13-3-4-34-12-13;23-22(24)2-4-32(12-22)11-13-5-14(8-26-7-13)15-6-16-19(30-31-20(16)27-9-15)21-28-17-1-3-25-10-18(17)29-21;22-14-3-12(5-23-7-14)13-4-15-19(28-29-20(15)25-6-13)21-26-17-9-24-8-16(18(17)27-21)11-1-2-30-10-11/h3-4,6-14H,5H2,1-2H3,(H,30,35)(H,31,32)(H,29,33,34);3-12H,2H2,1H3,(H,28,33)(H,29,30)(H,27,31,32);1,3,5-10H,2,4,11-12H2,(H,28,29)(H,27,30,31);1-10H,22H2,(H,26,27)(H,25,28,29). The predicted molar refractivity (Wildman–Crippen MR) is 506 cm³/mol. The number of aromatic nitrogens is 28. The molecular formula is C93H72F2N32O2S3. The van der Waals surface area contributed by atoms with E-state index in [1.165, 1.54) is 0 Å². The zero-order valence-electron chi connectivity index (χ0n) is 70.0. The topological polar surface area (TPSA) is 472 Å². The third-order valence-corrected chi connectivity index (χ3v) is 24.1. The van der Waals surface area contributed by atoms with Crippen molar-refractivity contribution < 1.29 is 18.4 Å². The van der Waals surface area contributed by atoms with Crippen molar-refractivity contribution in [1.82, 2.24) is 145 Å². The Morgan fingerprint density at radius 1 is 0.432 bits per heavy atom. The van der Waals surface area contributed by atoms with Gasteiger partial charge in [0.2, 0.25) is 11.8 Å². The van der Waals surface area contributed by atoms with Crippen LogP contribution in [-0.4, -0.2) is 176 Å². The van der Waals surface area contributed by atoms with E-state index in [2.05, 4.69) is 170 Å². The number of carbonyl (C=O) groups excluding carboxylic acids is 2. The number of amides is 2. The molecule has 2 amide bonds. The van der Waals surface area contributed by atoms with E-state index in [0.29, 0.717) is 88.9 Å². The number of rotatable bonds is 18. The Balaban J connectivity index is 0.000000106. The highest BCUT2D eigenvalue weighted by molar-refractivity contribution is 7.08. The number of likely N-dealkylation sites (tertiary alicyclic amines) is 1. The van der Waals surface area contributed by atoms with E-state index >= 15 is 0 Å². The summed E-state index contributed by atoms with van der Waals surface area (Å²) in [6.45, 7) is 6.45. The van der Waals surface area contributed by atoms with Crippen LogP contribution in [0.15, 0.2) is 229 Å². The molecule has 0 spiro atoms. The molecule has 12 N–H and O–H groups in total. The van der Waals surface area contributed by atoms with Gasteiger partial charge in [0.1, 0.15) is 39.3 Å². The second kappa shape index (κ2) is 35.1. The summed E-state index contributed by atoms with van der Waals surface area (Å²) in [6.07, 6.45) is 35.6. The molecule has 0 bridgehead atoms. The van der Waals surface area contributed by atoms with E-state index in [1.54, 1.807) is 144 Å². The van der Waals surface area contributed by atoms with Crippen LogP contribution in [0.3, 0.4) is 0 Å². The summed E-state index contributed by atoms with van der Waals surface area (Å²) in [5.74, 6) is 0.221. The van der Waals surface area contributed by atoms with Crippen LogP contribution in [0.25, 0.3) is 212 Å². The number of nitrogens with zero attached hydrogens (tertiary/aromatic N) is 21. The van der Waals surface area contributed by atoms with Crippen molar-refractivity contribution in [3.05, 3.63) is 235 Å². The minimum Gasteiger partial charge on any atom is -0.397 e. The molecule has 39 heteroatoms. The second-order valence-electron chi connectivity index (χ2n) is 31.7. The molecule has 132 heavy (non-hydrogen) atoms. The fourth-order valence-corrected chi connectivity index (χ4v) is 17.6. The van der Waals surface area contributed by atoms with Gasteiger partial charge < -0.3 is 36.3 Å². The molecule has 0 saturated carbocycles. The number of nitrogens with one attached hydrogen (secondary N) is 10. The number of thiophene rings is 3. The van der Waals surface area contributed by atoms with E-state index in [-0.39, 0.29) is 30.7 Å². The van der Waals surface area contributed by atoms with Crippen LogP contribution < -0.4 is 16.4 Å². The van der Waals surface area contributed by atoms with Gasteiger partial charge in [-0.3, -0.25) is 74.8 Å². The Labute approximate surface area is 756 Å². The van der Waals surface area contributed by atoms with Crippen LogP contribution in [0.4, 0.5) is 25.8 Å². The molecule has 24 rings (SSSR count). The minimum absolute atomic E-state index is 0.0316. The third kappa shape index (κ3) is 16.9. The lowest BCUT2D eigenvalue weighted by Crippen LogP contribution is -2.24. The first-order chi connectivity index (χ1) is 64.5. The van der Waals surface area contributed by atoms with E-state index < -0.39 is 5.92 Å². The van der Waals surface area contributed by atoms with Crippen LogP contribution >= 0.6 is 34.0 Å². The minimum atomic E-state index is -2.61. The smallest absolute Gasteiger partial charge is 0.261 e. The van der Waals surface area contributed by atoms with Crippen molar-refractivity contribution >= 4 is 151 Å². The number of hydrogen-bond donors (Lipinski definition) is 11. The summed E-state index contributed by atoms with van der Waals surface area (Å²) >= 11 is 4.92. The summed E-state index contributed by atoms with van der Waals surface area (Å²) in [7, 11) is 0. The zero-order valence-corrected chi connectivity index (χ0v) is 72.5. The summed E-state index contributed by atoms with van der Waals surface area (Å²) in [5.41, 5.74) is 33.9.